The lowest BCUT2D eigenvalue weighted by Crippen LogP contribution is -2.43. The van der Waals surface area contributed by atoms with Crippen molar-refractivity contribution in [2.24, 2.45) is 5.41 Å². The molecular weight excluding hydrogens is 356 g/mol. The van der Waals surface area contributed by atoms with Crippen LogP contribution in [0.4, 0.5) is 5.82 Å². The summed E-state index contributed by atoms with van der Waals surface area (Å²) in [6.45, 7) is 4.50. The molecule has 21 heavy (non-hydrogen) atoms. The van der Waals surface area contributed by atoms with Gasteiger partial charge in [0.1, 0.15) is 10.7 Å². The van der Waals surface area contributed by atoms with Crippen molar-refractivity contribution in [2.75, 3.05) is 32.4 Å². The Labute approximate surface area is 134 Å². The molecule has 1 fully saturated rings. The number of aromatic nitrogens is 1. The van der Waals surface area contributed by atoms with Gasteiger partial charge in [0, 0.05) is 17.2 Å². The number of pyridine rings is 1. The molecule has 2 rings (SSSR count). The second-order valence-corrected chi connectivity index (χ2v) is 8.63. The van der Waals surface area contributed by atoms with Gasteiger partial charge in [-0.05, 0) is 60.4 Å². The molecule has 1 aromatic rings. The van der Waals surface area contributed by atoms with Crippen LogP contribution < -0.4 is 10.5 Å². The molecule has 1 aliphatic heterocycles. The first-order valence-electron chi connectivity index (χ1n) is 6.81. The third-order valence-corrected chi connectivity index (χ3v) is 5.89. The highest BCUT2D eigenvalue weighted by Gasteiger charge is 2.31. The Bertz CT molecular complexity index is 613. The number of sulfonamides is 1. The van der Waals surface area contributed by atoms with Crippen molar-refractivity contribution < 1.29 is 8.42 Å². The zero-order valence-corrected chi connectivity index (χ0v) is 14.7. The lowest BCUT2D eigenvalue weighted by Gasteiger charge is -2.37. The Morgan fingerprint density at radius 3 is 2.71 bits per heavy atom. The molecule has 0 unspecified atom stereocenters. The lowest BCUT2D eigenvalue weighted by molar-refractivity contribution is 0.143. The van der Waals surface area contributed by atoms with Crippen LogP contribution in [0.15, 0.2) is 21.6 Å². The van der Waals surface area contributed by atoms with Crippen LogP contribution in [-0.4, -0.2) is 45.0 Å². The third-order valence-electron chi connectivity index (χ3n) is 4.02. The van der Waals surface area contributed by atoms with E-state index in [4.69, 9.17) is 5.73 Å². The number of likely N-dealkylation sites (tertiary alicyclic amines) is 1. The Kier molecular flexibility index (Phi) is 4.92. The smallest absolute Gasteiger partial charge is 0.244 e. The highest BCUT2D eigenvalue weighted by atomic mass is 79.9. The van der Waals surface area contributed by atoms with E-state index in [0.29, 0.717) is 11.0 Å². The first kappa shape index (κ1) is 16.7. The van der Waals surface area contributed by atoms with Gasteiger partial charge in [0.15, 0.2) is 0 Å². The van der Waals surface area contributed by atoms with Crippen LogP contribution in [-0.2, 0) is 10.0 Å². The van der Waals surface area contributed by atoms with Gasteiger partial charge in [0.05, 0.1) is 0 Å². The first-order chi connectivity index (χ1) is 9.72. The monoisotopic (exact) mass is 376 g/mol. The van der Waals surface area contributed by atoms with Crippen molar-refractivity contribution in [1.82, 2.24) is 14.6 Å². The molecular formula is C13H21BrN4O2S. The molecule has 1 aliphatic rings. The van der Waals surface area contributed by atoms with Gasteiger partial charge in [-0.2, -0.15) is 0 Å². The molecule has 1 saturated heterocycles. The van der Waals surface area contributed by atoms with Crippen LogP contribution in [0.5, 0.6) is 0 Å². The van der Waals surface area contributed by atoms with Crippen LogP contribution >= 0.6 is 15.9 Å². The summed E-state index contributed by atoms with van der Waals surface area (Å²) in [7, 11) is -1.56. The second-order valence-electron chi connectivity index (χ2n) is 5.98. The maximum Gasteiger partial charge on any atom is 0.244 e. The van der Waals surface area contributed by atoms with E-state index in [2.05, 4.69) is 44.5 Å². The van der Waals surface area contributed by atoms with Gasteiger partial charge in [-0.15, -0.1) is 0 Å². The number of hydrogen-bond acceptors (Lipinski definition) is 5. The fourth-order valence-corrected chi connectivity index (χ4v) is 4.12. The molecule has 0 radical (unpaired) electrons. The third kappa shape index (κ3) is 4.15. The fourth-order valence-electron chi connectivity index (χ4n) is 2.33. The molecule has 0 bridgehead atoms. The minimum Gasteiger partial charge on any atom is -0.383 e. The van der Waals surface area contributed by atoms with E-state index >= 15 is 0 Å². The summed E-state index contributed by atoms with van der Waals surface area (Å²) in [6.07, 6.45) is 3.42. The van der Waals surface area contributed by atoms with Gasteiger partial charge in [-0.25, -0.2) is 18.1 Å². The minimum absolute atomic E-state index is 0.0132. The molecule has 0 aliphatic carbocycles. The first-order valence-corrected chi connectivity index (χ1v) is 9.09. The summed E-state index contributed by atoms with van der Waals surface area (Å²) in [5, 5.41) is 0. The second kappa shape index (κ2) is 6.20. The van der Waals surface area contributed by atoms with Gasteiger partial charge < -0.3 is 10.6 Å². The molecule has 0 spiro atoms. The number of piperidine rings is 1. The lowest BCUT2D eigenvalue weighted by atomic mass is 9.81. The highest BCUT2D eigenvalue weighted by Crippen LogP contribution is 2.30. The van der Waals surface area contributed by atoms with Crippen LogP contribution in [0.2, 0.25) is 0 Å². The fraction of sp³-hybridized carbons (Fsp3) is 0.615. The predicted molar refractivity (Wildman–Crippen MR) is 86.4 cm³/mol. The molecule has 118 valence electrons. The van der Waals surface area contributed by atoms with Crippen molar-refractivity contribution in [3.8, 4) is 0 Å². The van der Waals surface area contributed by atoms with Gasteiger partial charge in [-0.1, -0.05) is 6.92 Å². The Hall–Kier alpha value is -0.700. The molecule has 2 heterocycles. The summed E-state index contributed by atoms with van der Waals surface area (Å²) in [5.74, 6) is 0.0132. The van der Waals surface area contributed by atoms with Crippen LogP contribution in [0.1, 0.15) is 19.8 Å². The highest BCUT2D eigenvalue weighted by molar-refractivity contribution is 9.10. The molecule has 3 N–H and O–H groups in total. The Morgan fingerprint density at radius 1 is 1.48 bits per heavy atom. The maximum absolute atomic E-state index is 12.4. The Morgan fingerprint density at radius 2 is 2.10 bits per heavy atom. The van der Waals surface area contributed by atoms with Gasteiger partial charge in [-0.3, -0.25) is 0 Å². The number of nitrogen functional groups attached to an aromatic ring is 1. The van der Waals surface area contributed by atoms with Crippen LogP contribution in [0, 0.1) is 5.41 Å². The topological polar surface area (TPSA) is 88.3 Å². The Balaban J connectivity index is 2.09. The summed E-state index contributed by atoms with van der Waals surface area (Å²) in [5.41, 5.74) is 5.66. The molecule has 8 heteroatoms. The average Bonchev–Trinajstić information content (AvgIpc) is 2.43. The van der Waals surface area contributed by atoms with E-state index in [0.717, 1.165) is 25.9 Å². The minimum atomic E-state index is -3.65. The largest absolute Gasteiger partial charge is 0.383 e. The number of rotatable bonds is 4. The zero-order valence-electron chi connectivity index (χ0n) is 12.3. The summed E-state index contributed by atoms with van der Waals surface area (Å²) in [6, 6.07) is 1.47. The van der Waals surface area contributed by atoms with Crippen LogP contribution in [0.3, 0.4) is 0 Å². The number of anilines is 1. The number of nitrogens with two attached hydrogens (primary N) is 1. The molecule has 0 amide bonds. The number of hydrogen-bond donors (Lipinski definition) is 2. The predicted octanol–water partition coefficient (Wildman–Crippen LogP) is 1.44. The normalized spacial score (nSPS) is 19.6. The van der Waals surface area contributed by atoms with E-state index in [1.54, 1.807) is 0 Å². The summed E-state index contributed by atoms with van der Waals surface area (Å²) < 4.78 is 28.1. The van der Waals surface area contributed by atoms with Crippen LogP contribution in [0.25, 0.3) is 0 Å². The summed E-state index contributed by atoms with van der Waals surface area (Å²) >= 11 is 3.22. The maximum atomic E-state index is 12.4. The average molecular weight is 377 g/mol. The number of halogens is 1. The van der Waals surface area contributed by atoms with E-state index in [1.165, 1.54) is 12.3 Å². The van der Waals surface area contributed by atoms with E-state index in [1.807, 2.05) is 0 Å². The van der Waals surface area contributed by atoms with E-state index in [9.17, 15) is 8.42 Å². The molecule has 6 nitrogen and oxygen atoms in total. The van der Waals surface area contributed by atoms with E-state index in [-0.39, 0.29) is 16.1 Å². The molecule has 1 aromatic heterocycles. The van der Waals surface area contributed by atoms with Crippen molar-refractivity contribution in [2.45, 2.75) is 24.7 Å². The van der Waals surface area contributed by atoms with Gasteiger partial charge in [0.25, 0.3) is 0 Å². The standard InChI is InChI=1S/C13H21BrN4O2S/c1-13(3-5-18(2)6-4-13)9-17-21(19,20)11-7-10(14)8-16-12(11)15/h7-8,17H,3-6,9H2,1-2H3,(H2,15,16). The number of nitrogens with one attached hydrogen (secondary N) is 1. The quantitative estimate of drug-likeness (QED) is 0.829. The molecule has 0 atom stereocenters. The molecule has 0 saturated carbocycles. The van der Waals surface area contributed by atoms with Gasteiger partial charge >= 0.3 is 0 Å². The van der Waals surface area contributed by atoms with Crippen molar-refractivity contribution in [3.05, 3.63) is 16.7 Å². The summed E-state index contributed by atoms with van der Waals surface area (Å²) in [4.78, 5) is 6.15. The SMILES string of the molecule is CN1CCC(C)(CNS(=O)(=O)c2cc(Br)cnc2N)CC1. The van der Waals surface area contributed by atoms with Crippen molar-refractivity contribution in [1.29, 1.82) is 0 Å². The molecule has 0 aromatic carbocycles. The van der Waals surface area contributed by atoms with Crippen molar-refractivity contribution >= 4 is 31.8 Å². The number of nitrogens with zero attached hydrogens (tertiary/aromatic N) is 2. The van der Waals surface area contributed by atoms with Gasteiger partial charge in [0.2, 0.25) is 10.0 Å². The van der Waals surface area contributed by atoms with E-state index < -0.39 is 10.0 Å². The zero-order chi connectivity index (χ0) is 15.7. The van der Waals surface area contributed by atoms with Crippen molar-refractivity contribution in [3.63, 3.8) is 0 Å².